The summed E-state index contributed by atoms with van der Waals surface area (Å²) in [6.45, 7) is 0.369. The summed E-state index contributed by atoms with van der Waals surface area (Å²) < 4.78 is 13.0. The first-order valence-electron chi connectivity index (χ1n) is 14.5. The van der Waals surface area contributed by atoms with Gasteiger partial charge in [0.25, 0.3) is 0 Å². The second kappa shape index (κ2) is 8.35. The molecule has 5 saturated carbocycles. The highest BCUT2D eigenvalue weighted by atomic mass is 16.6. The van der Waals surface area contributed by atoms with Crippen molar-refractivity contribution in [2.24, 2.45) is 10.8 Å². The van der Waals surface area contributed by atoms with Crippen LogP contribution in [0.5, 0.6) is 0 Å². The molecule has 0 heterocycles. The Hall–Kier alpha value is -1.80. The van der Waals surface area contributed by atoms with Crippen LogP contribution in [0.1, 0.15) is 75.3 Å². The highest BCUT2D eigenvalue weighted by molar-refractivity contribution is 5.57. The van der Waals surface area contributed by atoms with Crippen LogP contribution >= 0.6 is 0 Å². The van der Waals surface area contributed by atoms with Crippen molar-refractivity contribution in [1.82, 2.24) is 0 Å². The monoisotopic (exact) mass is 520 g/mol. The van der Waals surface area contributed by atoms with Crippen LogP contribution in [0.4, 0.5) is 0 Å². The zero-order valence-corrected chi connectivity index (χ0v) is 22.0. The summed E-state index contributed by atoms with van der Waals surface area (Å²) in [5.74, 6) is 0. The van der Waals surface area contributed by atoms with Crippen molar-refractivity contribution >= 4 is 0 Å². The molecule has 4 N–H and O–H groups in total. The highest BCUT2D eigenvalue weighted by Crippen LogP contribution is 2.89. The lowest BCUT2D eigenvalue weighted by atomic mass is 9.76. The zero-order chi connectivity index (χ0) is 26.3. The van der Waals surface area contributed by atoms with Gasteiger partial charge in [0, 0.05) is 10.8 Å². The Balaban J connectivity index is 1.33. The molecular formula is C32H40O6. The summed E-state index contributed by atoms with van der Waals surface area (Å²) in [5, 5.41) is 50.6. The maximum Gasteiger partial charge on any atom is 0.134 e. The van der Waals surface area contributed by atoms with Gasteiger partial charge >= 0.3 is 0 Å². The molecule has 0 saturated heterocycles. The van der Waals surface area contributed by atoms with Crippen molar-refractivity contribution in [1.29, 1.82) is 0 Å². The summed E-state index contributed by atoms with van der Waals surface area (Å²) in [7, 11) is 0. The van der Waals surface area contributed by atoms with E-state index in [0.29, 0.717) is 25.7 Å². The van der Waals surface area contributed by atoms with Crippen LogP contribution in [0.3, 0.4) is 0 Å². The first-order valence-corrected chi connectivity index (χ1v) is 14.5. The van der Waals surface area contributed by atoms with Crippen LogP contribution in [-0.2, 0) is 22.7 Å². The summed E-state index contributed by atoms with van der Waals surface area (Å²) in [4.78, 5) is 0. The molecule has 0 aromatic heterocycles. The maximum atomic E-state index is 12.7. The van der Waals surface area contributed by atoms with Gasteiger partial charge in [0.2, 0.25) is 0 Å². The number of fused-ring (bicyclic) bond motifs is 6. The Kier molecular flexibility index (Phi) is 5.54. The number of aliphatic hydroxyl groups is 4. The molecule has 2 aromatic rings. The van der Waals surface area contributed by atoms with Gasteiger partial charge in [-0.15, -0.1) is 0 Å². The van der Waals surface area contributed by atoms with E-state index in [-0.39, 0.29) is 13.2 Å². The van der Waals surface area contributed by atoms with Gasteiger partial charge in [-0.1, -0.05) is 99.2 Å². The van der Waals surface area contributed by atoms with Crippen LogP contribution in [0.15, 0.2) is 60.7 Å². The summed E-state index contributed by atoms with van der Waals surface area (Å²) >= 11 is 0. The Bertz CT molecular complexity index is 1050. The number of hydrogen-bond acceptors (Lipinski definition) is 6. The fourth-order valence-electron chi connectivity index (χ4n) is 9.65. The maximum absolute atomic E-state index is 12.7. The van der Waals surface area contributed by atoms with Gasteiger partial charge < -0.3 is 29.9 Å². The molecule has 5 fully saturated rings. The van der Waals surface area contributed by atoms with Crippen LogP contribution < -0.4 is 0 Å². The molecule has 6 atom stereocenters. The predicted molar refractivity (Wildman–Crippen MR) is 141 cm³/mol. The lowest BCUT2D eigenvalue weighted by molar-refractivity contribution is -0.250. The third-order valence-corrected chi connectivity index (χ3v) is 11.4. The van der Waals surface area contributed by atoms with Gasteiger partial charge in [-0.05, 0) is 36.8 Å². The number of ether oxygens (including phenoxy) is 2. The molecule has 204 valence electrons. The molecule has 7 rings (SSSR count). The highest BCUT2D eigenvalue weighted by Gasteiger charge is 3.08. The van der Waals surface area contributed by atoms with E-state index in [1.54, 1.807) is 0 Å². The standard InChI is InChI=1S/C32H40O6/c33-29-25(37-21-23-13-5-1-6-14-23)30(34)28(19-11-4-12-20-28)32(30,36)26(38-22-24-15-7-2-8-16-24)31(29,35)27(29)17-9-3-10-18-27/h1-2,5-8,13-16,25-26,33-36H,3-4,9-12,17-22H2/t25?,26?,29-,30-,31-,32+/m1/s1. The lowest BCUT2D eigenvalue weighted by Gasteiger charge is -2.42. The molecular weight excluding hydrogens is 480 g/mol. The Labute approximate surface area is 224 Å². The largest absolute Gasteiger partial charge is 0.383 e. The third kappa shape index (κ3) is 2.70. The molecule has 5 aliphatic carbocycles. The minimum atomic E-state index is -1.71. The van der Waals surface area contributed by atoms with Gasteiger partial charge in [0.15, 0.2) is 0 Å². The third-order valence-electron chi connectivity index (χ3n) is 11.4. The second-order valence-electron chi connectivity index (χ2n) is 12.7. The number of benzene rings is 2. The fourth-order valence-corrected chi connectivity index (χ4v) is 9.65. The van der Waals surface area contributed by atoms with Crippen molar-refractivity contribution in [2.45, 2.75) is 112 Å². The van der Waals surface area contributed by atoms with Crippen molar-refractivity contribution in [3.63, 3.8) is 0 Å². The van der Waals surface area contributed by atoms with E-state index >= 15 is 0 Å². The first-order chi connectivity index (χ1) is 18.3. The van der Waals surface area contributed by atoms with Crippen molar-refractivity contribution in [3.8, 4) is 0 Å². The number of hydrogen-bond donors (Lipinski definition) is 4. The Morgan fingerprint density at radius 1 is 0.500 bits per heavy atom. The normalized spacial score (nSPS) is 41.9. The van der Waals surface area contributed by atoms with Gasteiger partial charge in [-0.25, -0.2) is 0 Å². The van der Waals surface area contributed by atoms with Crippen LogP contribution in [-0.4, -0.2) is 55.0 Å². The van der Waals surface area contributed by atoms with E-state index in [2.05, 4.69) is 0 Å². The molecule has 2 spiro atoms. The molecule has 2 aromatic carbocycles. The molecule has 0 radical (unpaired) electrons. The molecule has 38 heavy (non-hydrogen) atoms. The Morgan fingerprint density at radius 2 is 0.816 bits per heavy atom. The second-order valence-corrected chi connectivity index (χ2v) is 12.7. The Morgan fingerprint density at radius 3 is 1.13 bits per heavy atom. The van der Waals surface area contributed by atoms with Crippen LogP contribution in [0.25, 0.3) is 0 Å². The van der Waals surface area contributed by atoms with Gasteiger partial charge in [-0.2, -0.15) is 0 Å². The first kappa shape index (κ1) is 25.2. The molecule has 0 bridgehead atoms. The molecule has 6 heteroatoms. The molecule has 2 unspecified atom stereocenters. The quantitative estimate of drug-likeness (QED) is 0.459. The van der Waals surface area contributed by atoms with Gasteiger partial charge in [0.1, 0.15) is 34.6 Å². The minimum absolute atomic E-state index is 0.185. The van der Waals surface area contributed by atoms with Crippen LogP contribution in [0, 0.1) is 10.8 Å². The van der Waals surface area contributed by atoms with Gasteiger partial charge in [0.05, 0.1) is 13.2 Å². The molecule has 0 amide bonds. The summed E-state index contributed by atoms with van der Waals surface area (Å²) in [5.41, 5.74) is -6.75. The summed E-state index contributed by atoms with van der Waals surface area (Å²) in [6, 6.07) is 19.4. The van der Waals surface area contributed by atoms with Crippen molar-refractivity contribution in [2.75, 3.05) is 0 Å². The SMILES string of the molecule is O[C@@]12C(OCc3ccccc3)[C@@]3(O)C4(CCCCC4)[C@@]3(O)C(OCc3ccccc3)[C@@]1(O)C21CCCCC1. The molecule has 5 aliphatic rings. The smallest absolute Gasteiger partial charge is 0.134 e. The summed E-state index contributed by atoms with van der Waals surface area (Å²) in [6.07, 6.45) is 5.85. The average molecular weight is 521 g/mol. The van der Waals surface area contributed by atoms with E-state index in [4.69, 9.17) is 9.47 Å². The van der Waals surface area contributed by atoms with Crippen molar-refractivity contribution < 1.29 is 29.9 Å². The fraction of sp³-hybridized carbons (Fsp3) is 0.625. The van der Waals surface area contributed by atoms with Crippen LogP contribution in [0.2, 0.25) is 0 Å². The van der Waals surface area contributed by atoms with E-state index in [9.17, 15) is 20.4 Å². The number of rotatable bonds is 6. The van der Waals surface area contributed by atoms with E-state index < -0.39 is 45.4 Å². The molecule has 0 aliphatic heterocycles. The van der Waals surface area contributed by atoms with E-state index in [1.807, 2.05) is 60.7 Å². The van der Waals surface area contributed by atoms with Crippen molar-refractivity contribution in [3.05, 3.63) is 71.8 Å². The average Bonchev–Trinajstić information content (AvgIpc) is 3.56. The zero-order valence-electron chi connectivity index (χ0n) is 22.0. The minimum Gasteiger partial charge on any atom is -0.383 e. The topological polar surface area (TPSA) is 99.4 Å². The van der Waals surface area contributed by atoms with Gasteiger partial charge in [-0.3, -0.25) is 0 Å². The lowest BCUT2D eigenvalue weighted by Crippen LogP contribution is -2.64. The predicted octanol–water partition coefficient (Wildman–Crippen LogP) is 4.02. The molecule has 6 nitrogen and oxygen atoms in total. The van der Waals surface area contributed by atoms with E-state index in [1.165, 1.54) is 0 Å². The van der Waals surface area contributed by atoms with E-state index in [0.717, 1.165) is 49.7 Å².